The molecule has 5 rings (SSSR count). The molecule has 0 N–H and O–H groups in total. The van der Waals surface area contributed by atoms with Crippen LogP contribution in [-0.2, 0) is 17.6 Å². The highest BCUT2D eigenvalue weighted by atomic mass is 16.6. The number of carbonyl (C=O) groups excluding carboxylic acids is 1. The van der Waals surface area contributed by atoms with Gasteiger partial charge in [-0.25, -0.2) is 4.79 Å². The van der Waals surface area contributed by atoms with Gasteiger partial charge in [-0.2, -0.15) is 0 Å². The number of carbonyl (C=O) groups is 1. The second-order valence-corrected chi connectivity index (χ2v) is 8.14. The van der Waals surface area contributed by atoms with Crippen molar-refractivity contribution in [3.05, 3.63) is 77.3 Å². The SMILES string of the molecule is C[C@@H]1CCc2nc3ccccc3c(C(=O)O[C@H](C)c3nnc(-c4ccccc4)o3)c2C1. The van der Waals surface area contributed by atoms with Crippen LogP contribution < -0.4 is 0 Å². The Morgan fingerprint density at radius 3 is 2.71 bits per heavy atom. The van der Waals surface area contributed by atoms with Crippen LogP contribution in [0.15, 0.2) is 59.0 Å². The van der Waals surface area contributed by atoms with Gasteiger partial charge in [-0.15, -0.1) is 10.2 Å². The molecule has 0 unspecified atom stereocenters. The summed E-state index contributed by atoms with van der Waals surface area (Å²) in [7, 11) is 0. The average molecular weight is 413 g/mol. The van der Waals surface area contributed by atoms with Gasteiger partial charge in [0.15, 0.2) is 6.10 Å². The number of benzene rings is 2. The van der Waals surface area contributed by atoms with Crippen molar-refractivity contribution in [3.63, 3.8) is 0 Å². The molecule has 0 aliphatic heterocycles. The maximum Gasteiger partial charge on any atom is 0.339 e. The van der Waals surface area contributed by atoms with Gasteiger partial charge in [0.25, 0.3) is 5.89 Å². The van der Waals surface area contributed by atoms with Crippen LogP contribution in [0.3, 0.4) is 0 Å². The molecule has 2 atom stereocenters. The molecule has 0 saturated heterocycles. The monoisotopic (exact) mass is 413 g/mol. The number of aromatic nitrogens is 3. The number of nitrogens with zero attached hydrogens (tertiary/aromatic N) is 3. The van der Waals surface area contributed by atoms with Gasteiger partial charge in [-0.3, -0.25) is 4.98 Å². The lowest BCUT2D eigenvalue weighted by atomic mass is 9.84. The molecule has 2 heterocycles. The van der Waals surface area contributed by atoms with Crippen LogP contribution in [-0.4, -0.2) is 21.2 Å². The van der Waals surface area contributed by atoms with Crippen molar-refractivity contribution >= 4 is 16.9 Å². The van der Waals surface area contributed by atoms with Crippen molar-refractivity contribution in [2.45, 2.75) is 39.2 Å². The zero-order chi connectivity index (χ0) is 21.4. The highest BCUT2D eigenvalue weighted by Crippen LogP contribution is 2.33. The van der Waals surface area contributed by atoms with Crippen LogP contribution in [0.2, 0.25) is 0 Å². The fraction of sp³-hybridized carbons (Fsp3) is 0.280. The Hall–Kier alpha value is -3.54. The number of fused-ring (bicyclic) bond motifs is 2. The first-order chi connectivity index (χ1) is 15.1. The molecule has 31 heavy (non-hydrogen) atoms. The van der Waals surface area contributed by atoms with Crippen LogP contribution in [0.5, 0.6) is 0 Å². The molecular formula is C25H23N3O3. The Morgan fingerprint density at radius 2 is 1.87 bits per heavy atom. The summed E-state index contributed by atoms with van der Waals surface area (Å²) >= 11 is 0. The summed E-state index contributed by atoms with van der Waals surface area (Å²) in [4.78, 5) is 18.2. The van der Waals surface area contributed by atoms with E-state index in [2.05, 4.69) is 17.1 Å². The van der Waals surface area contributed by atoms with Gasteiger partial charge in [-0.1, -0.05) is 43.3 Å². The van der Waals surface area contributed by atoms with Crippen LogP contribution in [0, 0.1) is 5.92 Å². The summed E-state index contributed by atoms with van der Waals surface area (Å²) in [5.74, 6) is 0.798. The first-order valence-corrected chi connectivity index (χ1v) is 10.6. The summed E-state index contributed by atoms with van der Waals surface area (Å²) in [5.41, 5.74) is 4.26. The predicted molar refractivity (Wildman–Crippen MR) is 116 cm³/mol. The standard InChI is InChI=1S/C25H23N3O3/c1-15-12-13-21-19(14-15)22(18-10-6-7-11-20(18)26-21)25(29)30-16(2)23-27-28-24(31-23)17-8-4-3-5-9-17/h3-11,15-16H,12-14H2,1-2H3/t15-,16-/m1/s1. The van der Waals surface area contributed by atoms with E-state index in [0.717, 1.165) is 47.0 Å². The molecular weight excluding hydrogens is 390 g/mol. The lowest BCUT2D eigenvalue weighted by molar-refractivity contribution is 0.0280. The number of para-hydroxylation sites is 1. The molecule has 0 amide bonds. The van der Waals surface area contributed by atoms with Gasteiger partial charge in [0.2, 0.25) is 5.89 Å². The largest absolute Gasteiger partial charge is 0.449 e. The molecule has 4 aromatic rings. The second-order valence-electron chi connectivity index (χ2n) is 8.14. The zero-order valence-electron chi connectivity index (χ0n) is 17.5. The highest BCUT2D eigenvalue weighted by molar-refractivity contribution is 6.05. The molecule has 156 valence electrons. The van der Waals surface area contributed by atoms with Gasteiger partial charge in [0.1, 0.15) is 0 Å². The number of ether oxygens (including phenoxy) is 1. The molecule has 2 aromatic carbocycles. The summed E-state index contributed by atoms with van der Waals surface area (Å²) in [6.45, 7) is 3.96. The summed E-state index contributed by atoms with van der Waals surface area (Å²) < 4.78 is 11.6. The molecule has 0 radical (unpaired) electrons. The van der Waals surface area contributed by atoms with Crippen molar-refractivity contribution in [1.82, 2.24) is 15.2 Å². The number of hydrogen-bond donors (Lipinski definition) is 0. The number of aryl methyl sites for hydroxylation is 1. The van der Waals surface area contributed by atoms with Crippen LogP contribution in [0.4, 0.5) is 0 Å². The van der Waals surface area contributed by atoms with Crippen molar-refractivity contribution in [2.24, 2.45) is 5.92 Å². The van der Waals surface area contributed by atoms with E-state index in [9.17, 15) is 4.79 Å². The topological polar surface area (TPSA) is 78.1 Å². The number of hydrogen-bond acceptors (Lipinski definition) is 6. The number of pyridine rings is 1. The molecule has 0 saturated carbocycles. The van der Waals surface area contributed by atoms with E-state index >= 15 is 0 Å². The molecule has 0 spiro atoms. The second kappa shape index (κ2) is 7.95. The smallest absolute Gasteiger partial charge is 0.339 e. The normalized spacial score (nSPS) is 16.6. The highest BCUT2D eigenvalue weighted by Gasteiger charge is 2.28. The van der Waals surface area contributed by atoms with E-state index < -0.39 is 6.10 Å². The minimum Gasteiger partial charge on any atom is -0.449 e. The first-order valence-electron chi connectivity index (χ1n) is 10.6. The van der Waals surface area contributed by atoms with Gasteiger partial charge in [-0.05, 0) is 55.9 Å². The van der Waals surface area contributed by atoms with Gasteiger partial charge < -0.3 is 9.15 Å². The Morgan fingerprint density at radius 1 is 1.10 bits per heavy atom. The van der Waals surface area contributed by atoms with E-state index in [1.807, 2.05) is 54.6 Å². The molecule has 1 aliphatic rings. The van der Waals surface area contributed by atoms with Crippen molar-refractivity contribution in [1.29, 1.82) is 0 Å². The Labute approximate surface area is 180 Å². The van der Waals surface area contributed by atoms with Gasteiger partial charge in [0.05, 0.1) is 11.1 Å². The zero-order valence-corrected chi connectivity index (χ0v) is 17.5. The van der Waals surface area contributed by atoms with Crippen molar-refractivity contribution in [3.8, 4) is 11.5 Å². The van der Waals surface area contributed by atoms with Crippen molar-refractivity contribution < 1.29 is 13.9 Å². The lowest BCUT2D eigenvalue weighted by Gasteiger charge is -2.24. The lowest BCUT2D eigenvalue weighted by Crippen LogP contribution is -2.20. The van der Waals surface area contributed by atoms with Gasteiger partial charge in [0, 0.05) is 16.6 Å². The third-order valence-corrected chi connectivity index (χ3v) is 5.80. The minimum atomic E-state index is -0.666. The molecule has 2 aromatic heterocycles. The Bertz CT molecular complexity index is 1250. The summed E-state index contributed by atoms with van der Waals surface area (Å²) in [5, 5.41) is 9.02. The Kier molecular flexibility index (Phi) is 4.98. The van der Waals surface area contributed by atoms with E-state index in [-0.39, 0.29) is 11.9 Å². The maximum atomic E-state index is 13.4. The first kappa shape index (κ1) is 19.4. The molecule has 0 bridgehead atoms. The van der Waals surface area contributed by atoms with E-state index in [0.29, 0.717) is 17.4 Å². The fourth-order valence-corrected chi connectivity index (χ4v) is 4.16. The summed E-state index contributed by atoms with van der Waals surface area (Å²) in [6, 6.07) is 17.3. The average Bonchev–Trinajstić information content (AvgIpc) is 3.28. The Balaban J connectivity index is 1.47. The third-order valence-electron chi connectivity index (χ3n) is 5.80. The maximum absolute atomic E-state index is 13.4. The molecule has 1 aliphatic carbocycles. The predicted octanol–water partition coefficient (Wildman–Crippen LogP) is 5.33. The molecule has 0 fully saturated rings. The third kappa shape index (κ3) is 3.69. The fourth-order valence-electron chi connectivity index (χ4n) is 4.16. The van der Waals surface area contributed by atoms with E-state index in [1.54, 1.807) is 6.92 Å². The number of rotatable bonds is 4. The van der Waals surface area contributed by atoms with Crippen LogP contribution >= 0.6 is 0 Å². The van der Waals surface area contributed by atoms with E-state index in [4.69, 9.17) is 14.1 Å². The number of esters is 1. The minimum absolute atomic E-state index is 0.271. The van der Waals surface area contributed by atoms with Gasteiger partial charge >= 0.3 is 5.97 Å². The van der Waals surface area contributed by atoms with Crippen LogP contribution in [0.25, 0.3) is 22.4 Å². The van der Waals surface area contributed by atoms with Crippen molar-refractivity contribution in [2.75, 3.05) is 0 Å². The molecule has 6 heteroatoms. The quantitative estimate of drug-likeness (QED) is 0.421. The molecule has 6 nitrogen and oxygen atoms in total. The van der Waals surface area contributed by atoms with Crippen LogP contribution in [0.1, 0.15) is 53.9 Å². The van der Waals surface area contributed by atoms with E-state index in [1.165, 1.54) is 0 Å². The summed E-state index contributed by atoms with van der Waals surface area (Å²) in [6.07, 6.45) is 2.11.